The van der Waals surface area contributed by atoms with Gasteiger partial charge in [0.2, 0.25) is 0 Å². The number of nitrogens with one attached hydrogen (secondary N) is 1. The van der Waals surface area contributed by atoms with Crippen molar-refractivity contribution in [1.29, 1.82) is 0 Å². The predicted octanol–water partition coefficient (Wildman–Crippen LogP) is 2.35. The highest BCUT2D eigenvalue weighted by Crippen LogP contribution is 2.22. The molecule has 0 aliphatic rings. The Labute approximate surface area is 117 Å². The molecule has 1 aromatic carbocycles. The van der Waals surface area contributed by atoms with Crippen LogP contribution in [0.1, 0.15) is 37.9 Å². The molecule has 0 aliphatic heterocycles. The van der Waals surface area contributed by atoms with Gasteiger partial charge in [-0.05, 0) is 51.0 Å². The van der Waals surface area contributed by atoms with Gasteiger partial charge in [-0.2, -0.15) is 0 Å². The Kier molecular flexibility index (Phi) is 4.60. The molecule has 20 heavy (non-hydrogen) atoms. The number of benzene rings is 1. The average Bonchev–Trinajstić information content (AvgIpc) is 2.23. The standard InChI is InChI=1S/C14H19NO5/c1-8-7-9(16)5-6-10(8)11(12(17)18)15-13(19)20-14(2,3)4/h5-7,11,16H,1-4H3,(H,15,19)(H,17,18). The molecule has 1 rings (SSSR count). The monoisotopic (exact) mass is 281 g/mol. The maximum atomic E-state index is 11.7. The molecule has 0 saturated heterocycles. The Bertz CT molecular complexity index is 519. The van der Waals surface area contributed by atoms with Crippen molar-refractivity contribution in [3.63, 3.8) is 0 Å². The quantitative estimate of drug-likeness (QED) is 0.790. The molecule has 0 saturated carbocycles. The lowest BCUT2D eigenvalue weighted by Crippen LogP contribution is -2.38. The SMILES string of the molecule is Cc1cc(O)ccc1C(NC(=O)OC(C)(C)C)C(=O)O. The molecule has 3 N–H and O–H groups in total. The Balaban J connectivity index is 2.96. The van der Waals surface area contributed by atoms with Crippen LogP contribution in [0.3, 0.4) is 0 Å². The number of hydrogen-bond donors (Lipinski definition) is 3. The van der Waals surface area contributed by atoms with Crippen LogP contribution in [0.5, 0.6) is 5.75 Å². The Morgan fingerprint density at radius 3 is 2.35 bits per heavy atom. The zero-order chi connectivity index (χ0) is 15.5. The van der Waals surface area contributed by atoms with Crippen molar-refractivity contribution in [3.8, 4) is 5.75 Å². The van der Waals surface area contributed by atoms with Gasteiger partial charge >= 0.3 is 12.1 Å². The Morgan fingerprint density at radius 1 is 1.30 bits per heavy atom. The van der Waals surface area contributed by atoms with E-state index in [1.165, 1.54) is 18.2 Å². The van der Waals surface area contributed by atoms with Gasteiger partial charge < -0.3 is 20.3 Å². The molecule has 1 atom stereocenters. The number of carbonyl (C=O) groups is 2. The molecule has 1 unspecified atom stereocenters. The predicted molar refractivity (Wildman–Crippen MR) is 72.6 cm³/mol. The van der Waals surface area contributed by atoms with Crippen LogP contribution in [0.4, 0.5) is 4.79 Å². The van der Waals surface area contributed by atoms with Crippen molar-refractivity contribution < 1.29 is 24.5 Å². The van der Waals surface area contributed by atoms with Crippen LogP contribution in [-0.4, -0.2) is 27.9 Å². The van der Waals surface area contributed by atoms with E-state index < -0.39 is 23.7 Å². The van der Waals surface area contributed by atoms with Crippen LogP contribution in [0.15, 0.2) is 18.2 Å². The van der Waals surface area contributed by atoms with Gasteiger partial charge in [0.15, 0.2) is 6.04 Å². The van der Waals surface area contributed by atoms with Gasteiger partial charge in [-0.25, -0.2) is 9.59 Å². The minimum absolute atomic E-state index is 0.0349. The molecule has 0 aliphatic carbocycles. The second-order valence-corrected chi connectivity index (χ2v) is 5.46. The van der Waals surface area contributed by atoms with Crippen LogP contribution in [0, 0.1) is 6.92 Å². The third-order valence-corrected chi connectivity index (χ3v) is 2.47. The van der Waals surface area contributed by atoms with Gasteiger partial charge in [-0.15, -0.1) is 0 Å². The van der Waals surface area contributed by atoms with Gasteiger partial charge in [0, 0.05) is 0 Å². The number of alkyl carbamates (subject to hydrolysis) is 1. The summed E-state index contributed by atoms with van der Waals surface area (Å²) in [5, 5.41) is 20.9. The summed E-state index contributed by atoms with van der Waals surface area (Å²) in [6.07, 6.45) is -0.808. The minimum atomic E-state index is -1.23. The average molecular weight is 281 g/mol. The third kappa shape index (κ3) is 4.46. The molecule has 0 fully saturated rings. The highest BCUT2D eigenvalue weighted by molar-refractivity contribution is 5.82. The number of hydrogen-bond acceptors (Lipinski definition) is 4. The van der Waals surface area contributed by atoms with E-state index >= 15 is 0 Å². The molecule has 1 amide bonds. The highest BCUT2D eigenvalue weighted by atomic mass is 16.6. The lowest BCUT2D eigenvalue weighted by atomic mass is 10.0. The lowest BCUT2D eigenvalue weighted by Gasteiger charge is -2.22. The number of phenolic OH excluding ortho intramolecular Hbond substituents is 1. The number of carbonyl (C=O) groups excluding carboxylic acids is 1. The number of rotatable bonds is 3. The van der Waals surface area contributed by atoms with E-state index in [1.807, 2.05) is 0 Å². The van der Waals surface area contributed by atoms with Gasteiger partial charge in [0.1, 0.15) is 11.4 Å². The molecule has 0 bridgehead atoms. The second kappa shape index (κ2) is 5.81. The molecule has 110 valence electrons. The largest absolute Gasteiger partial charge is 0.508 e. The van der Waals surface area contributed by atoms with E-state index in [0.717, 1.165) is 0 Å². The fourth-order valence-corrected chi connectivity index (χ4v) is 1.68. The van der Waals surface area contributed by atoms with Crippen molar-refractivity contribution >= 4 is 12.1 Å². The second-order valence-electron chi connectivity index (χ2n) is 5.46. The Hall–Kier alpha value is -2.24. The first-order chi connectivity index (χ1) is 9.10. The summed E-state index contributed by atoms with van der Waals surface area (Å²) >= 11 is 0. The number of aromatic hydroxyl groups is 1. The smallest absolute Gasteiger partial charge is 0.408 e. The van der Waals surface area contributed by atoms with Gasteiger partial charge in [-0.3, -0.25) is 0 Å². The first-order valence-electron chi connectivity index (χ1n) is 6.12. The minimum Gasteiger partial charge on any atom is -0.508 e. The van der Waals surface area contributed by atoms with Crippen molar-refractivity contribution in [1.82, 2.24) is 5.32 Å². The molecule has 0 aromatic heterocycles. The van der Waals surface area contributed by atoms with Gasteiger partial charge in [0.25, 0.3) is 0 Å². The summed E-state index contributed by atoms with van der Waals surface area (Å²) in [6, 6.07) is 3.03. The van der Waals surface area contributed by atoms with Crippen molar-refractivity contribution in [2.45, 2.75) is 39.3 Å². The van der Waals surface area contributed by atoms with Gasteiger partial charge in [0.05, 0.1) is 0 Å². The number of aryl methyl sites for hydroxylation is 1. The lowest BCUT2D eigenvalue weighted by molar-refractivity contribution is -0.139. The summed E-state index contributed by atoms with van der Waals surface area (Å²) in [7, 11) is 0. The number of carboxylic acids is 1. The summed E-state index contributed by atoms with van der Waals surface area (Å²) in [5.41, 5.74) is 0.242. The molecule has 1 aromatic rings. The number of ether oxygens (including phenoxy) is 1. The number of amides is 1. The fraction of sp³-hybridized carbons (Fsp3) is 0.429. The molecule has 0 spiro atoms. The van der Waals surface area contributed by atoms with Crippen molar-refractivity contribution in [2.24, 2.45) is 0 Å². The molecular weight excluding hydrogens is 262 g/mol. The maximum Gasteiger partial charge on any atom is 0.408 e. The van der Waals surface area contributed by atoms with Crippen molar-refractivity contribution in [3.05, 3.63) is 29.3 Å². The van der Waals surface area contributed by atoms with E-state index in [-0.39, 0.29) is 5.75 Å². The summed E-state index contributed by atoms with van der Waals surface area (Å²) < 4.78 is 5.04. The highest BCUT2D eigenvalue weighted by Gasteiger charge is 2.26. The van der Waals surface area contributed by atoms with Gasteiger partial charge in [-0.1, -0.05) is 6.07 Å². The summed E-state index contributed by atoms with van der Waals surface area (Å²) in [6.45, 7) is 6.72. The van der Waals surface area contributed by atoms with Crippen LogP contribution in [-0.2, 0) is 9.53 Å². The molecule has 0 heterocycles. The summed E-state index contributed by atoms with van der Waals surface area (Å²) in [4.78, 5) is 23.0. The van der Waals surface area contributed by atoms with E-state index in [0.29, 0.717) is 11.1 Å². The Morgan fingerprint density at radius 2 is 1.90 bits per heavy atom. The molecule has 0 radical (unpaired) electrons. The fourth-order valence-electron chi connectivity index (χ4n) is 1.68. The van der Waals surface area contributed by atoms with Crippen LogP contribution in [0.2, 0.25) is 0 Å². The third-order valence-electron chi connectivity index (χ3n) is 2.47. The van der Waals surface area contributed by atoms with E-state index in [1.54, 1.807) is 27.7 Å². The summed E-state index contributed by atoms with van der Waals surface area (Å²) in [5.74, 6) is -1.17. The maximum absolute atomic E-state index is 11.7. The zero-order valence-electron chi connectivity index (χ0n) is 11.9. The number of carboxylic acid groups (broad SMARTS) is 1. The topological polar surface area (TPSA) is 95.9 Å². The molecule has 6 nitrogen and oxygen atoms in total. The van der Waals surface area contributed by atoms with E-state index in [2.05, 4.69) is 5.32 Å². The first kappa shape index (κ1) is 15.8. The number of phenols is 1. The first-order valence-corrected chi connectivity index (χ1v) is 6.12. The number of aliphatic carboxylic acids is 1. The van der Waals surface area contributed by atoms with E-state index in [4.69, 9.17) is 4.74 Å². The van der Waals surface area contributed by atoms with Crippen LogP contribution in [0.25, 0.3) is 0 Å². The normalized spacial score (nSPS) is 12.6. The van der Waals surface area contributed by atoms with E-state index in [9.17, 15) is 19.8 Å². The zero-order valence-corrected chi connectivity index (χ0v) is 11.9. The molecule has 6 heteroatoms. The van der Waals surface area contributed by atoms with Crippen molar-refractivity contribution in [2.75, 3.05) is 0 Å². The van der Waals surface area contributed by atoms with Crippen LogP contribution >= 0.6 is 0 Å². The van der Waals surface area contributed by atoms with Crippen LogP contribution < -0.4 is 5.32 Å². The molecular formula is C14H19NO5.